The van der Waals surface area contributed by atoms with Crippen LogP contribution in [0.3, 0.4) is 0 Å². The SMILES string of the molecule is O=C(NCCCOCc1ccccc1)c1ccc(-n2cnnn2)cc1. The Balaban J connectivity index is 1.36. The maximum Gasteiger partial charge on any atom is 0.251 e. The first kappa shape index (κ1) is 16.8. The number of aromatic nitrogens is 4. The summed E-state index contributed by atoms with van der Waals surface area (Å²) in [5.41, 5.74) is 2.55. The molecule has 0 saturated heterocycles. The molecule has 7 heteroatoms. The lowest BCUT2D eigenvalue weighted by Gasteiger charge is -2.07. The zero-order valence-corrected chi connectivity index (χ0v) is 13.7. The van der Waals surface area contributed by atoms with Gasteiger partial charge in [0.2, 0.25) is 0 Å². The number of rotatable bonds is 8. The third-order valence-corrected chi connectivity index (χ3v) is 3.61. The van der Waals surface area contributed by atoms with Crippen LogP contribution in [-0.4, -0.2) is 39.3 Å². The van der Waals surface area contributed by atoms with Crippen LogP contribution in [-0.2, 0) is 11.3 Å². The Morgan fingerprint density at radius 3 is 2.60 bits per heavy atom. The number of amides is 1. The summed E-state index contributed by atoms with van der Waals surface area (Å²) >= 11 is 0. The molecule has 3 rings (SSSR count). The normalized spacial score (nSPS) is 10.6. The largest absolute Gasteiger partial charge is 0.377 e. The van der Waals surface area contributed by atoms with E-state index in [4.69, 9.17) is 4.74 Å². The summed E-state index contributed by atoms with van der Waals surface area (Å²) in [5.74, 6) is -0.105. The fraction of sp³-hybridized carbons (Fsp3) is 0.222. The summed E-state index contributed by atoms with van der Waals surface area (Å²) in [7, 11) is 0. The summed E-state index contributed by atoms with van der Waals surface area (Å²) in [4.78, 5) is 12.1. The highest BCUT2D eigenvalue weighted by molar-refractivity contribution is 5.94. The maximum absolute atomic E-state index is 12.1. The van der Waals surface area contributed by atoms with Gasteiger partial charge in [0, 0.05) is 18.7 Å². The minimum atomic E-state index is -0.105. The number of hydrogen-bond acceptors (Lipinski definition) is 5. The average Bonchev–Trinajstić information content (AvgIpc) is 3.20. The van der Waals surface area contributed by atoms with Crippen molar-refractivity contribution >= 4 is 5.91 Å². The van der Waals surface area contributed by atoms with Gasteiger partial charge in [-0.05, 0) is 46.7 Å². The van der Waals surface area contributed by atoms with E-state index in [1.165, 1.54) is 11.0 Å². The lowest BCUT2D eigenvalue weighted by Crippen LogP contribution is -2.25. The van der Waals surface area contributed by atoms with Gasteiger partial charge in [-0.2, -0.15) is 0 Å². The number of nitrogens with zero attached hydrogens (tertiary/aromatic N) is 4. The molecule has 0 radical (unpaired) electrons. The summed E-state index contributed by atoms with van der Waals surface area (Å²) in [6, 6.07) is 17.1. The van der Waals surface area contributed by atoms with Gasteiger partial charge >= 0.3 is 0 Å². The minimum absolute atomic E-state index is 0.105. The average molecular weight is 337 g/mol. The van der Waals surface area contributed by atoms with Gasteiger partial charge in [0.05, 0.1) is 12.3 Å². The van der Waals surface area contributed by atoms with Crippen molar-refractivity contribution in [2.24, 2.45) is 0 Å². The zero-order chi connectivity index (χ0) is 17.3. The standard InChI is InChI=1S/C18H19N5O2/c24-18(16-7-9-17(10-8-16)23-14-20-21-22-23)19-11-4-12-25-13-15-5-2-1-3-6-15/h1-3,5-10,14H,4,11-13H2,(H,19,24). The molecule has 128 valence electrons. The van der Waals surface area contributed by atoms with Gasteiger partial charge in [-0.15, -0.1) is 5.10 Å². The van der Waals surface area contributed by atoms with Crippen molar-refractivity contribution in [2.45, 2.75) is 13.0 Å². The Bertz CT molecular complexity index is 773. The molecule has 7 nitrogen and oxygen atoms in total. The van der Waals surface area contributed by atoms with Crippen LogP contribution in [0.5, 0.6) is 0 Å². The van der Waals surface area contributed by atoms with E-state index >= 15 is 0 Å². The smallest absolute Gasteiger partial charge is 0.251 e. The molecule has 0 saturated carbocycles. The molecular formula is C18H19N5O2. The second-order valence-corrected chi connectivity index (χ2v) is 5.45. The van der Waals surface area contributed by atoms with E-state index in [0.29, 0.717) is 25.3 Å². The highest BCUT2D eigenvalue weighted by Crippen LogP contribution is 2.07. The molecule has 1 aromatic heterocycles. The Morgan fingerprint density at radius 2 is 1.88 bits per heavy atom. The van der Waals surface area contributed by atoms with Gasteiger partial charge in [-0.1, -0.05) is 30.3 Å². The topological polar surface area (TPSA) is 81.9 Å². The molecule has 0 aliphatic rings. The van der Waals surface area contributed by atoms with Gasteiger partial charge in [-0.3, -0.25) is 4.79 Å². The predicted octanol–water partition coefficient (Wildman–Crippen LogP) is 2.00. The van der Waals surface area contributed by atoms with Crippen molar-refractivity contribution in [2.75, 3.05) is 13.2 Å². The van der Waals surface area contributed by atoms with E-state index in [0.717, 1.165) is 17.7 Å². The Labute approximate surface area is 145 Å². The van der Waals surface area contributed by atoms with Gasteiger partial charge < -0.3 is 10.1 Å². The number of carbonyl (C=O) groups excluding carboxylic acids is 1. The number of tetrazole rings is 1. The first-order valence-electron chi connectivity index (χ1n) is 8.06. The van der Waals surface area contributed by atoms with Gasteiger partial charge in [0.25, 0.3) is 5.91 Å². The lowest BCUT2D eigenvalue weighted by atomic mass is 10.2. The van der Waals surface area contributed by atoms with E-state index in [9.17, 15) is 4.79 Å². The van der Waals surface area contributed by atoms with E-state index in [1.807, 2.05) is 30.3 Å². The molecule has 0 unspecified atom stereocenters. The zero-order valence-electron chi connectivity index (χ0n) is 13.7. The summed E-state index contributed by atoms with van der Waals surface area (Å²) in [5, 5.41) is 13.9. The molecule has 0 aliphatic carbocycles. The van der Waals surface area contributed by atoms with E-state index in [2.05, 4.69) is 20.8 Å². The first-order chi connectivity index (χ1) is 12.3. The second kappa shape index (κ2) is 8.70. The maximum atomic E-state index is 12.1. The fourth-order valence-corrected chi connectivity index (χ4v) is 2.29. The molecule has 0 bridgehead atoms. The third-order valence-electron chi connectivity index (χ3n) is 3.61. The Morgan fingerprint density at radius 1 is 1.08 bits per heavy atom. The van der Waals surface area contributed by atoms with Crippen molar-refractivity contribution in [3.8, 4) is 5.69 Å². The van der Waals surface area contributed by atoms with Crippen molar-refractivity contribution in [1.29, 1.82) is 0 Å². The van der Waals surface area contributed by atoms with Crippen LogP contribution >= 0.6 is 0 Å². The third kappa shape index (κ3) is 4.95. The molecule has 0 spiro atoms. The van der Waals surface area contributed by atoms with Crippen LogP contribution < -0.4 is 5.32 Å². The van der Waals surface area contributed by atoms with Gasteiger partial charge in [0.15, 0.2) is 0 Å². The number of benzene rings is 2. The van der Waals surface area contributed by atoms with Crippen LogP contribution in [0.1, 0.15) is 22.3 Å². The Kier molecular flexibility index (Phi) is 5.84. The minimum Gasteiger partial charge on any atom is -0.377 e. The van der Waals surface area contributed by atoms with E-state index < -0.39 is 0 Å². The van der Waals surface area contributed by atoms with Crippen molar-refractivity contribution in [3.63, 3.8) is 0 Å². The van der Waals surface area contributed by atoms with E-state index in [-0.39, 0.29) is 5.91 Å². The molecule has 1 heterocycles. The molecule has 0 aliphatic heterocycles. The van der Waals surface area contributed by atoms with Crippen molar-refractivity contribution < 1.29 is 9.53 Å². The molecular weight excluding hydrogens is 318 g/mol. The molecule has 0 atom stereocenters. The highest BCUT2D eigenvalue weighted by Gasteiger charge is 2.05. The van der Waals surface area contributed by atoms with Crippen LogP contribution in [0, 0.1) is 0 Å². The molecule has 0 fully saturated rings. The molecule has 1 N–H and O–H groups in total. The second-order valence-electron chi connectivity index (χ2n) is 5.45. The number of nitrogens with one attached hydrogen (secondary N) is 1. The molecule has 25 heavy (non-hydrogen) atoms. The Hall–Kier alpha value is -3.06. The summed E-state index contributed by atoms with van der Waals surface area (Å²) < 4.78 is 7.12. The monoisotopic (exact) mass is 337 g/mol. The van der Waals surface area contributed by atoms with Crippen LogP contribution in [0.4, 0.5) is 0 Å². The number of hydrogen-bond donors (Lipinski definition) is 1. The van der Waals surface area contributed by atoms with Crippen molar-refractivity contribution in [3.05, 3.63) is 72.1 Å². The molecule has 3 aromatic rings. The van der Waals surface area contributed by atoms with Crippen LogP contribution in [0.2, 0.25) is 0 Å². The quantitative estimate of drug-likeness (QED) is 0.636. The lowest BCUT2D eigenvalue weighted by molar-refractivity contribution is 0.0934. The van der Waals surface area contributed by atoms with Crippen LogP contribution in [0.15, 0.2) is 60.9 Å². The summed E-state index contributed by atoms with van der Waals surface area (Å²) in [6.07, 6.45) is 2.27. The summed E-state index contributed by atoms with van der Waals surface area (Å²) in [6.45, 7) is 1.77. The highest BCUT2D eigenvalue weighted by atomic mass is 16.5. The number of carbonyl (C=O) groups is 1. The molecule has 2 aromatic carbocycles. The van der Waals surface area contributed by atoms with Crippen LogP contribution in [0.25, 0.3) is 5.69 Å². The van der Waals surface area contributed by atoms with Gasteiger partial charge in [0.1, 0.15) is 6.33 Å². The van der Waals surface area contributed by atoms with E-state index in [1.54, 1.807) is 24.3 Å². The van der Waals surface area contributed by atoms with Crippen molar-refractivity contribution in [1.82, 2.24) is 25.5 Å². The predicted molar refractivity (Wildman–Crippen MR) is 92.2 cm³/mol. The number of ether oxygens (including phenoxy) is 1. The first-order valence-corrected chi connectivity index (χ1v) is 8.06. The molecule has 1 amide bonds. The fourth-order valence-electron chi connectivity index (χ4n) is 2.29. The van der Waals surface area contributed by atoms with Gasteiger partial charge in [-0.25, -0.2) is 4.68 Å².